The minimum Gasteiger partial charge on any atom is -0.394 e. The number of nitrogens with two attached hydrogens (primary N) is 1. The van der Waals surface area contributed by atoms with Gasteiger partial charge in [0.25, 0.3) is 0 Å². The van der Waals surface area contributed by atoms with Crippen molar-refractivity contribution < 1.29 is 9.84 Å². The van der Waals surface area contributed by atoms with Crippen LogP contribution >= 0.6 is 0 Å². The van der Waals surface area contributed by atoms with Gasteiger partial charge in [-0.2, -0.15) is 0 Å². The molecule has 0 bridgehead atoms. The van der Waals surface area contributed by atoms with Gasteiger partial charge in [-0.15, -0.1) is 0 Å². The van der Waals surface area contributed by atoms with Crippen LogP contribution in [0.1, 0.15) is 13.8 Å². The van der Waals surface area contributed by atoms with Crippen LogP contribution in [0.15, 0.2) is 0 Å². The van der Waals surface area contributed by atoms with Gasteiger partial charge in [0.15, 0.2) is 0 Å². The van der Waals surface area contributed by atoms with Crippen LogP contribution in [-0.4, -0.2) is 31.0 Å². The Kier molecular flexibility index (Phi) is 4.60. The summed E-state index contributed by atoms with van der Waals surface area (Å²) in [5.74, 6) is 0.345. The highest BCUT2D eigenvalue weighted by molar-refractivity contribution is 4.74. The summed E-state index contributed by atoms with van der Waals surface area (Å²) in [6.45, 7) is 4.01. The van der Waals surface area contributed by atoms with E-state index in [1.807, 2.05) is 13.8 Å². The molecule has 0 amide bonds. The lowest BCUT2D eigenvalue weighted by molar-refractivity contribution is 0.0208. The van der Waals surface area contributed by atoms with Crippen molar-refractivity contribution in [2.24, 2.45) is 11.7 Å². The lowest BCUT2D eigenvalue weighted by Gasteiger charge is -2.23. The fourth-order valence-corrected chi connectivity index (χ4v) is 0.783. The molecule has 0 aliphatic rings. The summed E-state index contributed by atoms with van der Waals surface area (Å²) >= 11 is 0. The summed E-state index contributed by atoms with van der Waals surface area (Å²) < 4.78 is 4.95. The Morgan fingerprint density at radius 1 is 1.50 bits per heavy atom. The Morgan fingerprint density at radius 3 is 2.10 bits per heavy atom. The molecule has 3 heteroatoms. The normalized spacial score (nSPS) is 17.4. The molecular weight excluding hydrogens is 130 g/mol. The maximum atomic E-state index is 8.74. The van der Waals surface area contributed by atoms with Gasteiger partial charge in [0.05, 0.1) is 12.7 Å². The molecule has 0 aliphatic heterocycles. The topological polar surface area (TPSA) is 55.5 Å². The monoisotopic (exact) mass is 147 g/mol. The molecule has 0 heterocycles. The molecule has 0 aromatic heterocycles. The molecule has 3 nitrogen and oxygen atoms in total. The molecule has 2 unspecified atom stereocenters. The van der Waals surface area contributed by atoms with E-state index in [9.17, 15) is 0 Å². The minimum absolute atomic E-state index is 0.00412. The Hall–Kier alpha value is -0.120. The van der Waals surface area contributed by atoms with Crippen molar-refractivity contribution in [3.05, 3.63) is 0 Å². The SMILES string of the molecule is COC(CO)C(N)C(C)C. The van der Waals surface area contributed by atoms with Gasteiger partial charge < -0.3 is 15.6 Å². The molecule has 0 saturated carbocycles. The van der Waals surface area contributed by atoms with E-state index >= 15 is 0 Å². The average molecular weight is 147 g/mol. The van der Waals surface area contributed by atoms with Crippen LogP contribution < -0.4 is 5.73 Å². The number of aliphatic hydroxyl groups is 1. The number of aliphatic hydroxyl groups excluding tert-OH is 1. The van der Waals surface area contributed by atoms with Crippen molar-refractivity contribution in [2.45, 2.75) is 26.0 Å². The first-order valence-electron chi connectivity index (χ1n) is 3.52. The number of ether oxygens (including phenoxy) is 1. The average Bonchev–Trinajstić information content (AvgIpc) is 1.90. The molecule has 0 rings (SSSR count). The Morgan fingerprint density at radius 2 is 2.00 bits per heavy atom. The smallest absolute Gasteiger partial charge is 0.0954 e. The summed E-state index contributed by atoms with van der Waals surface area (Å²) in [7, 11) is 1.56. The summed E-state index contributed by atoms with van der Waals surface area (Å²) in [6, 6.07) is -0.0741. The maximum absolute atomic E-state index is 8.74. The van der Waals surface area contributed by atoms with E-state index < -0.39 is 0 Å². The van der Waals surface area contributed by atoms with Crippen LogP contribution in [0.5, 0.6) is 0 Å². The molecule has 0 aromatic rings. The fourth-order valence-electron chi connectivity index (χ4n) is 0.783. The first-order chi connectivity index (χ1) is 4.63. The summed E-state index contributed by atoms with van der Waals surface area (Å²) in [5, 5.41) is 8.74. The van der Waals surface area contributed by atoms with E-state index in [2.05, 4.69) is 0 Å². The molecule has 0 aliphatic carbocycles. The van der Waals surface area contributed by atoms with Gasteiger partial charge in [-0.05, 0) is 5.92 Å². The molecular formula is C7H17NO2. The van der Waals surface area contributed by atoms with Crippen molar-refractivity contribution in [2.75, 3.05) is 13.7 Å². The van der Waals surface area contributed by atoms with E-state index in [0.29, 0.717) is 5.92 Å². The molecule has 3 N–H and O–H groups in total. The van der Waals surface area contributed by atoms with E-state index in [4.69, 9.17) is 15.6 Å². The highest BCUT2D eigenvalue weighted by Crippen LogP contribution is 2.05. The van der Waals surface area contributed by atoms with E-state index in [1.165, 1.54) is 0 Å². The lowest BCUT2D eigenvalue weighted by atomic mass is 10.0. The Bertz CT molecular complexity index is 81.7. The van der Waals surface area contributed by atoms with Crippen LogP contribution in [0.4, 0.5) is 0 Å². The predicted molar refractivity (Wildman–Crippen MR) is 40.7 cm³/mol. The molecule has 10 heavy (non-hydrogen) atoms. The van der Waals surface area contributed by atoms with Crippen molar-refractivity contribution in [3.8, 4) is 0 Å². The summed E-state index contributed by atoms with van der Waals surface area (Å²) in [4.78, 5) is 0. The van der Waals surface area contributed by atoms with Crippen LogP contribution in [0, 0.1) is 5.92 Å². The highest BCUT2D eigenvalue weighted by atomic mass is 16.5. The zero-order chi connectivity index (χ0) is 8.15. The molecule has 0 radical (unpaired) electrons. The first-order valence-corrected chi connectivity index (χ1v) is 3.52. The fraction of sp³-hybridized carbons (Fsp3) is 1.00. The van der Waals surface area contributed by atoms with Crippen LogP contribution in [0.2, 0.25) is 0 Å². The van der Waals surface area contributed by atoms with Gasteiger partial charge >= 0.3 is 0 Å². The van der Waals surface area contributed by atoms with Crippen molar-refractivity contribution >= 4 is 0 Å². The van der Waals surface area contributed by atoms with Crippen molar-refractivity contribution in [3.63, 3.8) is 0 Å². The quantitative estimate of drug-likeness (QED) is 0.587. The number of hydrogen-bond acceptors (Lipinski definition) is 3. The van der Waals surface area contributed by atoms with Crippen LogP contribution in [-0.2, 0) is 4.74 Å². The third-order valence-corrected chi connectivity index (χ3v) is 1.68. The van der Waals surface area contributed by atoms with Gasteiger partial charge in [-0.1, -0.05) is 13.8 Å². The van der Waals surface area contributed by atoms with Crippen molar-refractivity contribution in [1.82, 2.24) is 0 Å². The molecule has 0 aromatic carbocycles. The summed E-state index contributed by atoms with van der Waals surface area (Å²) in [5.41, 5.74) is 5.70. The number of methoxy groups -OCH3 is 1. The van der Waals surface area contributed by atoms with Gasteiger partial charge in [0, 0.05) is 13.2 Å². The standard InChI is InChI=1S/C7H17NO2/c1-5(2)7(8)6(4-9)10-3/h5-7,9H,4,8H2,1-3H3. The second-order valence-electron chi connectivity index (χ2n) is 2.78. The summed E-state index contributed by atoms with van der Waals surface area (Å²) in [6.07, 6.45) is -0.222. The second-order valence-corrected chi connectivity index (χ2v) is 2.78. The largest absolute Gasteiger partial charge is 0.394 e. The Balaban J connectivity index is 3.76. The third-order valence-electron chi connectivity index (χ3n) is 1.68. The second kappa shape index (κ2) is 4.66. The van der Waals surface area contributed by atoms with Gasteiger partial charge in [0.1, 0.15) is 0 Å². The number of hydrogen-bond donors (Lipinski definition) is 2. The van der Waals surface area contributed by atoms with Crippen molar-refractivity contribution in [1.29, 1.82) is 0 Å². The third kappa shape index (κ3) is 2.64. The lowest BCUT2D eigenvalue weighted by Crippen LogP contribution is -2.42. The molecule has 0 fully saturated rings. The maximum Gasteiger partial charge on any atom is 0.0954 e. The minimum atomic E-state index is -0.222. The molecule has 0 spiro atoms. The van der Waals surface area contributed by atoms with Crippen LogP contribution in [0.25, 0.3) is 0 Å². The van der Waals surface area contributed by atoms with Gasteiger partial charge in [-0.3, -0.25) is 0 Å². The molecule has 0 saturated heterocycles. The van der Waals surface area contributed by atoms with Gasteiger partial charge in [-0.25, -0.2) is 0 Å². The highest BCUT2D eigenvalue weighted by Gasteiger charge is 2.18. The van der Waals surface area contributed by atoms with E-state index in [1.54, 1.807) is 7.11 Å². The van der Waals surface area contributed by atoms with Crippen LogP contribution in [0.3, 0.4) is 0 Å². The van der Waals surface area contributed by atoms with Gasteiger partial charge in [0.2, 0.25) is 0 Å². The zero-order valence-electron chi connectivity index (χ0n) is 6.87. The predicted octanol–water partition coefficient (Wildman–Crippen LogP) is -0.0230. The number of rotatable bonds is 4. The first kappa shape index (κ1) is 9.88. The zero-order valence-corrected chi connectivity index (χ0v) is 6.87. The Labute approximate surface area is 62.2 Å². The molecule has 2 atom stereocenters. The van der Waals surface area contributed by atoms with E-state index in [0.717, 1.165) is 0 Å². The molecule has 62 valence electrons. The van der Waals surface area contributed by atoms with E-state index in [-0.39, 0.29) is 18.8 Å².